The van der Waals surface area contributed by atoms with Crippen molar-refractivity contribution < 1.29 is 9.13 Å². The molecule has 2 heteroatoms. The van der Waals surface area contributed by atoms with E-state index in [1.165, 1.54) is 43.7 Å². The molecule has 0 aromatic heterocycles. The first-order valence-corrected chi connectivity index (χ1v) is 10.2. The normalized spacial score (nSPS) is 12.2. The lowest BCUT2D eigenvalue weighted by molar-refractivity contribution is 0.205. The molecule has 1 nitrogen and oxygen atoms in total. The molecule has 0 saturated heterocycles. The van der Waals surface area contributed by atoms with Crippen molar-refractivity contribution in [2.75, 3.05) is 0 Å². The fourth-order valence-electron chi connectivity index (χ4n) is 3.19. The van der Waals surface area contributed by atoms with Crippen LogP contribution in [0, 0.1) is 5.82 Å². The lowest BCUT2D eigenvalue weighted by atomic mass is 10.0. The third-order valence-corrected chi connectivity index (χ3v) is 4.78. The Morgan fingerprint density at radius 1 is 0.846 bits per heavy atom. The van der Waals surface area contributed by atoms with E-state index in [2.05, 4.69) is 45.0 Å². The summed E-state index contributed by atoms with van der Waals surface area (Å²) >= 11 is 0. The minimum absolute atomic E-state index is 0.109. The van der Waals surface area contributed by atoms with Crippen LogP contribution in [0.4, 0.5) is 4.39 Å². The van der Waals surface area contributed by atoms with E-state index >= 15 is 0 Å². The second-order valence-corrected chi connectivity index (χ2v) is 7.25. The number of benzene rings is 2. The molecule has 2 rings (SSSR count). The Bertz CT molecular complexity index is 648. The van der Waals surface area contributed by atoms with Crippen LogP contribution in [0.3, 0.4) is 0 Å². The molecular formula is C24H33FO. The van der Waals surface area contributed by atoms with Crippen LogP contribution in [0.25, 0.3) is 11.1 Å². The van der Waals surface area contributed by atoms with Gasteiger partial charge in [-0.05, 0) is 61.4 Å². The van der Waals surface area contributed by atoms with Crippen LogP contribution in [0.2, 0.25) is 0 Å². The maximum absolute atomic E-state index is 14.1. The first-order chi connectivity index (χ1) is 12.6. The minimum atomic E-state index is -0.245. The number of unbranched alkanes of at least 4 members (excludes halogenated alkanes) is 4. The van der Waals surface area contributed by atoms with E-state index in [1.54, 1.807) is 6.07 Å². The van der Waals surface area contributed by atoms with Crippen molar-refractivity contribution in [2.24, 2.45) is 0 Å². The number of hydrogen-bond acceptors (Lipinski definition) is 1. The molecule has 0 N–H and O–H groups in total. The monoisotopic (exact) mass is 356 g/mol. The highest BCUT2D eigenvalue weighted by atomic mass is 19.1. The maximum Gasteiger partial charge on any atom is 0.127 e. The Hall–Kier alpha value is -1.83. The van der Waals surface area contributed by atoms with Gasteiger partial charge in [-0.1, -0.05) is 63.8 Å². The zero-order valence-corrected chi connectivity index (χ0v) is 16.6. The highest BCUT2D eigenvalue weighted by Crippen LogP contribution is 2.27. The van der Waals surface area contributed by atoms with E-state index in [4.69, 9.17) is 4.74 Å². The maximum atomic E-state index is 14.1. The third-order valence-electron chi connectivity index (χ3n) is 4.78. The van der Waals surface area contributed by atoms with Gasteiger partial charge in [-0.2, -0.15) is 0 Å². The Balaban J connectivity index is 2.02. The summed E-state index contributed by atoms with van der Waals surface area (Å²) in [5, 5.41) is 0. The number of aryl methyl sites for hydroxylation is 1. The summed E-state index contributed by atoms with van der Waals surface area (Å²) < 4.78 is 20.1. The molecule has 2 aromatic rings. The van der Waals surface area contributed by atoms with Gasteiger partial charge < -0.3 is 4.74 Å². The van der Waals surface area contributed by atoms with Gasteiger partial charge in [0.05, 0.1) is 6.10 Å². The van der Waals surface area contributed by atoms with E-state index in [1.807, 2.05) is 6.07 Å². The average Bonchev–Trinajstić information content (AvgIpc) is 2.63. The molecule has 2 aromatic carbocycles. The molecule has 26 heavy (non-hydrogen) atoms. The average molecular weight is 357 g/mol. The quantitative estimate of drug-likeness (QED) is 0.377. The van der Waals surface area contributed by atoms with Gasteiger partial charge in [-0.25, -0.2) is 4.39 Å². The summed E-state index contributed by atoms with van der Waals surface area (Å²) in [7, 11) is 0. The second-order valence-electron chi connectivity index (χ2n) is 7.25. The molecule has 0 heterocycles. The van der Waals surface area contributed by atoms with Gasteiger partial charge in [0.2, 0.25) is 0 Å². The largest absolute Gasteiger partial charge is 0.491 e. The molecule has 0 aliphatic carbocycles. The predicted molar refractivity (Wildman–Crippen MR) is 109 cm³/mol. The first kappa shape index (κ1) is 20.5. The summed E-state index contributed by atoms with van der Waals surface area (Å²) in [5.74, 6) is 0.379. The smallest absolute Gasteiger partial charge is 0.127 e. The van der Waals surface area contributed by atoms with Crippen molar-refractivity contribution in [1.29, 1.82) is 0 Å². The van der Waals surface area contributed by atoms with Gasteiger partial charge in [0.25, 0.3) is 0 Å². The lowest BCUT2D eigenvalue weighted by Gasteiger charge is -2.16. The van der Waals surface area contributed by atoms with E-state index in [-0.39, 0.29) is 11.9 Å². The molecule has 0 radical (unpaired) electrons. The fraction of sp³-hybridized carbons (Fsp3) is 0.500. The molecule has 0 spiro atoms. The molecule has 0 unspecified atom stereocenters. The standard InChI is InChI=1S/C24H33FO/c1-4-6-8-9-10-19(3)26-24-17-22(16-23(25)18-24)21-14-12-20(13-15-21)11-7-5-2/h12-19H,4-11H2,1-3H3/t19-/m0/s1. The minimum Gasteiger partial charge on any atom is -0.491 e. The number of ether oxygens (including phenoxy) is 1. The van der Waals surface area contributed by atoms with Crippen LogP contribution >= 0.6 is 0 Å². The molecule has 0 saturated carbocycles. The van der Waals surface area contributed by atoms with Crippen LogP contribution in [-0.4, -0.2) is 6.10 Å². The predicted octanol–water partition coefficient (Wildman–Crippen LogP) is 7.57. The Kier molecular flexibility index (Phi) is 8.67. The van der Waals surface area contributed by atoms with Gasteiger partial charge in [-0.3, -0.25) is 0 Å². The molecule has 0 aliphatic rings. The molecule has 0 aliphatic heterocycles. The fourth-order valence-corrected chi connectivity index (χ4v) is 3.19. The summed E-state index contributed by atoms with van der Waals surface area (Å²) in [5.41, 5.74) is 3.24. The molecule has 0 fully saturated rings. The van der Waals surface area contributed by atoms with Crippen molar-refractivity contribution in [3.8, 4) is 16.9 Å². The van der Waals surface area contributed by atoms with Crippen LogP contribution in [0.5, 0.6) is 5.75 Å². The van der Waals surface area contributed by atoms with Crippen LogP contribution < -0.4 is 4.74 Å². The number of hydrogen-bond donors (Lipinski definition) is 0. The van der Waals surface area contributed by atoms with Crippen molar-refractivity contribution in [1.82, 2.24) is 0 Å². The van der Waals surface area contributed by atoms with Crippen LogP contribution in [0.15, 0.2) is 42.5 Å². The van der Waals surface area contributed by atoms with Gasteiger partial charge in [-0.15, -0.1) is 0 Å². The Morgan fingerprint density at radius 3 is 2.27 bits per heavy atom. The number of halogens is 1. The van der Waals surface area contributed by atoms with Crippen LogP contribution in [0.1, 0.15) is 71.3 Å². The highest BCUT2D eigenvalue weighted by Gasteiger charge is 2.08. The topological polar surface area (TPSA) is 9.23 Å². The van der Waals surface area contributed by atoms with Crippen molar-refractivity contribution in [2.45, 2.75) is 78.2 Å². The number of rotatable bonds is 11. The zero-order chi connectivity index (χ0) is 18.8. The summed E-state index contributed by atoms with van der Waals surface area (Å²) in [6.07, 6.45) is 9.53. The zero-order valence-electron chi connectivity index (χ0n) is 16.6. The van der Waals surface area contributed by atoms with Gasteiger partial charge in [0.1, 0.15) is 11.6 Å². The van der Waals surface area contributed by atoms with E-state index in [0.717, 1.165) is 30.4 Å². The first-order valence-electron chi connectivity index (χ1n) is 10.2. The van der Waals surface area contributed by atoms with Crippen molar-refractivity contribution in [3.05, 3.63) is 53.8 Å². The summed E-state index contributed by atoms with van der Waals surface area (Å²) in [6, 6.07) is 13.5. The van der Waals surface area contributed by atoms with E-state index in [0.29, 0.717) is 5.75 Å². The molecule has 0 bridgehead atoms. The third kappa shape index (κ3) is 6.82. The second kappa shape index (κ2) is 11.0. The SMILES string of the molecule is CCCCCC[C@H](C)Oc1cc(F)cc(-c2ccc(CCCC)cc2)c1. The molecular weight excluding hydrogens is 323 g/mol. The van der Waals surface area contributed by atoms with Crippen molar-refractivity contribution >= 4 is 0 Å². The molecule has 0 amide bonds. The van der Waals surface area contributed by atoms with Crippen molar-refractivity contribution in [3.63, 3.8) is 0 Å². The van der Waals surface area contributed by atoms with E-state index in [9.17, 15) is 4.39 Å². The molecule has 142 valence electrons. The Labute approximate surface area is 158 Å². The molecule has 1 atom stereocenters. The van der Waals surface area contributed by atoms with Crippen LogP contribution in [-0.2, 0) is 6.42 Å². The van der Waals surface area contributed by atoms with E-state index < -0.39 is 0 Å². The summed E-state index contributed by atoms with van der Waals surface area (Å²) in [4.78, 5) is 0. The summed E-state index contributed by atoms with van der Waals surface area (Å²) in [6.45, 7) is 6.48. The Morgan fingerprint density at radius 2 is 1.58 bits per heavy atom. The van der Waals surface area contributed by atoms with Gasteiger partial charge in [0.15, 0.2) is 0 Å². The highest BCUT2D eigenvalue weighted by molar-refractivity contribution is 5.65. The lowest BCUT2D eigenvalue weighted by Crippen LogP contribution is -2.11. The van der Waals surface area contributed by atoms with Gasteiger partial charge in [0, 0.05) is 6.07 Å². The van der Waals surface area contributed by atoms with Gasteiger partial charge >= 0.3 is 0 Å².